The summed E-state index contributed by atoms with van der Waals surface area (Å²) < 4.78 is 0. The first kappa shape index (κ1) is 10.2. The number of hydrogen-bond donors (Lipinski definition) is 0. The molecule has 0 aliphatic rings. The van der Waals surface area contributed by atoms with E-state index in [-0.39, 0.29) is 6.42 Å². The molecule has 0 radical (unpaired) electrons. The van der Waals surface area contributed by atoms with Crippen LogP contribution in [0.3, 0.4) is 0 Å². The maximum atomic E-state index is 8.61. The van der Waals surface area contributed by atoms with Gasteiger partial charge in [0.15, 0.2) is 0 Å². The summed E-state index contributed by atoms with van der Waals surface area (Å²) in [5.41, 5.74) is 1.40. The molecule has 0 saturated carbocycles. The standard InChI is InChI=1S/C11H6Cl2N2/c12-9-3-1-2-7-6-8(4-5-14)11(13)15-10(7)9/h1-3,6H,4H2. The lowest BCUT2D eigenvalue weighted by Gasteiger charge is -2.03. The largest absolute Gasteiger partial charge is 0.234 e. The summed E-state index contributed by atoms with van der Waals surface area (Å²) >= 11 is 11.9. The molecule has 15 heavy (non-hydrogen) atoms. The van der Waals surface area contributed by atoms with Crippen LogP contribution in [0.4, 0.5) is 0 Å². The highest BCUT2D eigenvalue weighted by atomic mass is 35.5. The Bertz CT molecular complexity index is 558. The summed E-state index contributed by atoms with van der Waals surface area (Å²) in [4.78, 5) is 4.18. The minimum absolute atomic E-state index is 0.258. The first-order valence-electron chi connectivity index (χ1n) is 4.33. The lowest BCUT2D eigenvalue weighted by molar-refractivity contribution is 1.22. The van der Waals surface area contributed by atoms with Crippen molar-refractivity contribution in [1.82, 2.24) is 4.98 Å². The quantitative estimate of drug-likeness (QED) is 0.710. The molecule has 1 aromatic carbocycles. The number of rotatable bonds is 1. The Labute approximate surface area is 97.1 Å². The molecule has 2 rings (SSSR count). The number of hydrogen-bond acceptors (Lipinski definition) is 2. The van der Waals surface area contributed by atoms with Crippen molar-refractivity contribution in [1.29, 1.82) is 5.26 Å². The topological polar surface area (TPSA) is 36.7 Å². The molecule has 0 unspecified atom stereocenters. The van der Waals surface area contributed by atoms with E-state index in [1.165, 1.54) is 0 Å². The SMILES string of the molecule is N#CCc1cc2cccc(Cl)c2nc1Cl. The molecular weight excluding hydrogens is 231 g/mol. The highest BCUT2D eigenvalue weighted by Gasteiger charge is 2.06. The van der Waals surface area contributed by atoms with Crippen molar-refractivity contribution in [3.63, 3.8) is 0 Å². The van der Waals surface area contributed by atoms with Crippen molar-refractivity contribution in [3.05, 3.63) is 40.0 Å². The fourth-order valence-electron chi connectivity index (χ4n) is 1.39. The lowest BCUT2D eigenvalue weighted by atomic mass is 10.1. The average molecular weight is 237 g/mol. The molecule has 0 saturated heterocycles. The number of aromatic nitrogens is 1. The van der Waals surface area contributed by atoms with Gasteiger partial charge in [0.1, 0.15) is 5.15 Å². The van der Waals surface area contributed by atoms with Crippen LogP contribution in [-0.2, 0) is 6.42 Å². The van der Waals surface area contributed by atoms with E-state index in [0.29, 0.717) is 15.7 Å². The summed E-state index contributed by atoms with van der Waals surface area (Å²) in [6, 6.07) is 9.39. The van der Waals surface area contributed by atoms with Gasteiger partial charge in [-0.1, -0.05) is 35.3 Å². The number of para-hydroxylation sites is 1. The summed E-state index contributed by atoms with van der Waals surface area (Å²) in [6.07, 6.45) is 0.258. The number of pyridine rings is 1. The van der Waals surface area contributed by atoms with Gasteiger partial charge in [-0.25, -0.2) is 4.98 Å². The molecule has 0 aliphatic heterocycles. The van der Waals surface area contributed by atoms with E-state index in [4.69, 9.17) is 28.5 Å². The van der Waals surface area contributed by atoms with E-state index >= 15 is 0 Å². The number of halogens is 2. The molecule has 0 bridgehead atoms. The fraction of sp³-hybridized carbons (Fsp3) is 0.0909. The van der Waals surface area contributed by atoms with Gasteiger partial charge < -0.3 is 0 Å². The van der Waals surface area contributed by atoms with Crippen LogP contribution in [-0.4, -0.2) is 4.98 Å². The molecule has 4 heteroatoms. The van der Waals surface area contributed by atoms with E-state index in [9.17, 15) is 0 Å². The molecule has 2 nitrogen and oxygen atoms in total. The summed E-state index contributed by atoms with van der Waals surface area (Å²) in [5.74, 6) is 0. The Morgan fingerprint density at radius 3 is 2.87 bits per heavy atom. The van der Waals surface area contributed by atoms with Gasteiger partial charge in [0.05, 0.1) is 23.0 Å². The predicted octanol–water partition coefficient (Wildman–Crippen LogP) is 3.61. The van der Waals surface area contributed by atoms with Crippen molar-refractivity contribution in [2.45, 2.75) is 6.42 Å². The van der Waals surface area contributed by atoms with Gasteiger partial charge in [0, 0.05) is 10.9 Å². The second-order valence-corrected chi connectivity index (χ2v) is 3.85. The highest BCUT2D eigenvalue weighted by Crippen LogP contribution is 2.25. The summed E-state index contributed by atoms with van der Waals surface area (Å²) in [5, 5.41) is 10.4. The van der Waals surface area contributed by atoms with E-state index in [0.717, 1.165) is 10.9 Å². The molecule has 0 spiro atoms. The van der Waals surface area contributed by atoms with Crippen LogP contribution in [0.2, 0.25) is 10.2 Å². The second-order valence-electron chi connectivity index (χ2n) is 3.08. The zero-order valence-electron chi connectivity index (χ0n) is 7.67. The van der Waals surface area contributed by atoms with Gasteiger partial charge in [0.25, 0.3) is 0 Å². The molecule has 1 aromatic heterocycles. The number of benzene rings is 1. The van der Waals surface area contributed by atoms with Gasteiger partial charge in [-0.2, -0.15) is 5.26 Å². The molecule has 0 fully saturated rings. The van der Waals surface area contributed by atoms with Crippen LogP contribution in [0.1, 0.15) is 5.56 Å². The first-order valence-corrected chi connectivity index (χ1v) is 5.08. The summed E-state index contributed by atoms with van der Waals surface area (Å²) in [6.45, 7) is 0. The maximum absolute atomic E-state index is 8.61. The molecule has 2 aromatic rings. The average Bonchev–Trinajstić information content (AvgIpc) is 2.21. The summed E-state index contributed by atoms with van der Waals surface area (Å²) in [7, 11) is 0. The zero-order valence-corrected chi connectivity index (χ0v) is 9.18. The third kappa shape index (κ3) is 1.90. The predicted molar refractivity (Wildman–Crippen MR) is 61.1 cm³/mol. The van der Waals surface area contributed by atoms with Crippen molar-refractivity contribution < 1.29 is 0 Å². The molecular formula is C11H6Cl2N2. The van der Waals surface area contributed by atoms with E-state index in [1.54, 1.807) is 6.07 Å². The van der Waals surface area contributed by atoms with Crippen molar-refractivity contribution in [2.24, 2.45) is 0 Å². The van der Waals surface area contributed by atoms with Crippen LogP contribution >= 0.6 is 23.2 Å². The van der Waals surface area contributed by atoms with Gasteiger partial charge in [-0.05, 0) is 12.1 Å². The smallest absolute Gasteiger partial charge is 0.134 e. The number of nitriles is 1. The van der Waals surface area contributed by atoms with Crippen LogP contribution in [0.15, 0.2) is 24.3 Å². The van der Waals surface area contributed by atoms with Crippen LogP contribution in [0.5, 0.6) is 0 Å². The lowest BCUT2D eigenvalue weighted by Crippen LogP contribution is -1.89. The Morgan fingerprint density at radius 1 is 1.33 bits per heavy atom. The molecule has 0 N–H and O–H groups in total. The second kappa shape index (κ2) is 4.06. The Kier molecular flexibility index (Phi) is 2.77. The number of nitrogens with zero attached hydrogens (tertiary/aromatic N) is 2. The molecule has 0 atom stereocenters. The third-order valence-corrected chi connectivity index (χ3v) is 2.72. The third-order valence-electron chi connectivity index (χ3n) is 2.09. The van der Waals surface area contributed by atoms with Crippen molar-refractivity contribution in [3.8, 4) is 6.07 Å². The van der Waals surface area contributed by atoms with Gasteiger partial charge >= 0.3 is 0 Å². The fourth-order valence-corrected chi connectivity index (χ4v) is 1.82. The number of fused-ring (bicyclic) bond motifs is 1. The Balaban J connectivity index is 2.72. The maximum Gasteiger partial charge on any atom is 0.134 e. The zero-order chi connectivity index (χ0) is 10.8. The normalized spacial score (nSPS) is 10.2. The highest BCUT2D eigenvalue weighted by molar-refractivity contribution is 6.35. The van der Waals surface area contributed by atoms with Crippen molar-refractivity contribution >= 4 is 34.1 Å². The van der Waals surface area contributed by atoms with Gasteiger partial charge in [0.2, 0.25) is 0 Å². The Hall–Kier alpha value is -1.30. The minimum Gasteiger partial charge on any atom is -0.234 e. The molecule has 1 heterocycles. The minimum atomic E-state index is 0.258. The van der Waals surface area contributed by atoms with Gasteiger partial charge in [-0.3, -0.25) is 0 Å². The van der Waals surface area contributed by atoms with Crippen LogP contribution in [0.25, 0.3) is 10.9 Å². The van der Waals surface area contributed by atoms with Gasteiger partial charge in [-0.15, -0.1) is 0 Å². The molecule has 0 aliphatic carbocycles. The van der Waals surface area contributed by atoms with E-state index in [2.05, 4.69) is 4.98 Å². The van der Waals surface area contributed by atoms with Crippen LogP contribution in [0, 0.1) is 11.3 Å². The van der Waals surface area contributed by atoms with Crippen LogP contribution < -0.4 is 0 Å². The van der Waals surface area contributed by atoms with E-state index < -0.39 is 0 Å². The first-order chi connectivity index (χ1) is 7.22. The molecule has 0 amide bonds. The van der Waals surface area contributed by atoms with E-state index in [1.807, 2.05) is 24.3 Å². The monoisotopic (exact) mass is 236 g/mol. The Morgan fingerprint density at radius 2 is 2.13 bits per heavy atom. The van der Waals surface area contributed by atoms with Crippen molar-refractivity contribution in [2.75, 3.05) is 0 Å². The molecule has 74 valence electrons.